The number of nitrogens with zero attached hydrogens (tertiary/aromatic N) is 1. The van der Waals surface area contributed by atoms with Gasteiger partial charge >= 0.3 is 0 Å². The van der Waals surface area contributed by atoms with Crippen molar-refractivity contribution in [1.82, 2.24) is 0 Å². The van der Waals surface area contributed by atoms with E-state index in [-0.39, 0.29) is 17.2 Å². The van der Waals surface area contributed by atoms with Gasteiger partial charge in [-0.3, -0.25) is 14.9 Å². The van der Waals surface area contributed by atoms with Gasteiger partial charge in [0.2, 0.25) is 0 Å². The van der Waals surface area contributed by atoms with E-state index in [1.807, 2.05) is 6.07 Å². The number of anilines is 1. The first-order valence-electron chi connectivity index (χ1n) is 6.95. The van der Waals surface area contributed by atoms with Crippen LogP contribution in [0, 0.1) is 10.1 Å². The van der Waals surface area contributed by atoms with Crippen LogP contribution in [-0.2, 0) is 0 Å². The first kappa shape index (κ1) is 15.9. The van der Waals surface area contributed by atoms with Gasteiger partial charge in [-0.15, -0.1) is 0 Å². The van der Waals surface area contributed by atoms with E-state index < -0.39 is 10.8 Å². The van der Waals surface area contributed by atoms with Crippen LogP contribution in [0.25, 0.3) is 11.3 Å². The molecule has 0 aliphatic rings. The Morgan fingerprint density at radius 3 is 2.62 bits per heavy atom. The van der Waals surface area contributed by atoms with E-state index in [1.54, 1.807) is 36.4 Å². The molecule has 0 spiro atoms. The van der Waals surface area contributed by atoms with Gasteiger partial charge in [0.15, 0.2) is 5.76 Å². The number of amides is 1. The Hall–Kier alpha value is -2.93. The number of hydrogen-bond acceptors (Lipinski definition) is 4. The number of rotatable bonds is 4. The summed E-state index contributed by atoms with van der Waals surface area (Å²) in [7, 11) is 0. The lowest BCUT2D eigenvalue weighted by atomic mass is 10.1. The number of carbonyl (C=O) groups excluding carboxylic acids is 1. The summed E-state index contributed by atoms with van der Waals surface area (Å²) >= 11 is 3.33. The SMILES string of the molecule is O=C(Nc1cccc(Br)c1)c1ccc(-c2ccccc2[N+](=O)[O-])o1. The van der Waals surface area contributed by atoms with Crippen LogP contribution in [0.3, 0.4) is 0 Å². The summed E-state index contributed by atoms with van der Waals surface area (Å²) in [5.41, 5.74) is 0.854. The number of halogens is 1. The van der Waals surface area contributed by atoms with E-state index in [9.17, 15) is 14.9 Å². The molecule has 0 aliphatic heterocycles. The van der Waals surface area contributed by atoms with Gasteiger partial charge in [0, 0.05) is 16.2 Å². The van der Waals surface area contributed by atoms with Gasteiger partial charge in [-0.25, -0.2) is 0 Å². The average molecular weight is 387 g/mol. The number of nitro benzene ring substituents is 1. The Balaban J connectivity index is 1.86. The summed E-state index contributed by atoms with van der Waals surface area (Å²) in [6.45, 7) is 0. The molecule has 1 aromatic heterocycles. The normalized spacial score (nSPS) is 10.4. The largest absolute Gasteiger partial charge is 0.451 e. The molecule has 7 heteroatoms. The molecule has 0 saturated carbocycles. The highest BCUT2D eigenvalue weighted by Crippen LogP contribution is 2.31. The van der Waals surface area contributed by atoms with E-state index in [4.69, 9.17) is 4.42 Å². The first-order valence-corrected chi connectivity index (χ1v) is 7.74. The van der Waals surface area contributed by atoms with Crippen molar-refractivity contribution in [1.29, 1.82) is 0 Å². The summed E-state index contributed by atoms with van der Waals surface area (Å²) in [5, 5.41) is 13.8. The fraction of sp³-hybridized carbons (Fsp3) is 0. The Labute approximate surface area is 145 Å². The molecule has 0 atom stereocenters. The number of furan rings is 1. The Bertz CT molecular complexity index is 920. The van der Waals surface area contributed by atoms with E-state index >= 15 is 0 Å². The standard InChI is InChI=1S/C17H11BrN2O4/c18-11-4-3-5-12(10-11)19-17(21)16-9-8-15(24-16)13-6-1-2-7-14(13)20(22)23/h1-10H,(H,19,21). The molecule has 0 unspecified atom stereocenters. The van der Waals surface area contributed by atoms with Crippen LogP contribution in [0.2, 0.25) is 0 Å². The molecular formula is C17H11BrN2O4. The maximum absolute atomic E-state index is 12.2. The lowest BCUT2D eigenvalue weighted by Gasteiger charge is -2.03. The maximum Gasteiger partial charge on any atom is 0.291 e. The van der Waals surface area contributed by atoms with Crippen LogP contribution >= 0.6 is 15.9 Å². The second-order valence-corrected chi connectivity index (χ2v) is 5.82. The Morgan fingerprint density at radius 2 is 1.88 bits per heavy atom. The van der Waals surface area contributed by atoms with Crippen molar-refractivity contribution in [3.8, 4) is 11.3 Å². The first-order chi connectivity index (χ1) is 11.5. The van der Waals surface area contributed by atoms with Crippen LogP contribution < -0.4 is 5.32 Å². The van der Waals surface area contributed by atoms with Gasteiger partial charge in [-0.2, -0.15) is 0 Å². The van der Waals surface area contributed by atoms with E-state index in [0.29, 0.717) is 11.3 Å². The van der Waals surface area contributed by atoms with Crippen molar-refractivity contribution in [2.24, 2.45) is 0 Å². The monoisotopic (exact) mass is 386 g/mol. The minimum absolute atomic E-state index is 0.0723. The van der Waals surface area contributed by atoms with Gasteiger partial charge in [0.1, 0.15) is 5.76 Å². The van der Waals surface area contributed by atoms with Crippen molar-refractivity contribution in [3.63, 3.8) is 0 Å². The van der Waals surface area contributed by atoms with Gasteiger partial charge in [0.25, 0.3) is 11.6 Å². The molecule has 3 aromatic rings. The third-order valence-corrected chi connectivity index (χ3v) is 3.77. The third-order valence-electron chi connectivity index (χ3n) is 3.28. The number of hydrogen-bond donors (Lipinski definition) is 1. The fourth-order valence-corrected chi connectivity index (χ4v) is 2.60. The quantitative estimate of drug-likeness (QED) is 0.511. The highest BCUT2D eigenvalue weighted by atomic mass is 79.9. The molecule has 6 nitrogen and oxygen atoms in total. The number of carbonyl (C=O) groups is 1. The molecule has 1 heterocycles. The molecule has 1 N–H and O–H groups in total. The van der Waals surface area contributed by atoms with Crippen molar-refractivity contribution >= 4 is 33.2 Å². The van der Waals surface area contributed by atoms with Gasteiger partial charge in [0.05, 0.1) is 10.5 Å². The summed E-state index contributed by atoms with van der Waals surface area (Å²) < 4.78 is 6.33. The summed E-state index contributed by atoms with van der Waals surface area (Å²) in [5.74, 6) is -0.0947. The van der Waals surface area contributed by atoms with Crippen molar-refractivity contribution in [2.75, 3.05) is 5.32 Å². The van der Waals surface area contributed by atoms with Crippen LogP contribution in [-0.4, -0.2) is 10.8 Å². The van der Waals surface area contributed by atoms with Crippen LogP contribution in [0.5, 0.6) is 0 Å². The summed E-state index contributed by atoms with van der Waals surface area (Å²) in [6, 6.07) is 16.4. The molecule has 120 valence electrons. The minimum atomic E-state index is -0.487. The van der Waals surface area contributed by atoms with E-state index in [0.717, 1.165) is 4.47 Å². The number of nitro groups is 1. The molecule has 0 saturated heterocycles. The maximum atomic E-state index is 12.2. The molecule has 0 bridgehead atoms. The third kappa shape index (κ3) is 3.36. The molecule has 0 aliphatic carbocycles. The molecular weight excluding hydrogens is 376 g/mol. The van der Waals surface area contributed by atoms with Gasteiger partial charge in [-0.1, -0.05) is 34.1 Å². The predicted molar refractivity (Wildman–Crippen MR) is 92.9 cm³/mol. The highest BCUT2D eigenvalue weighted by Gasteiger charge is 2.19. The van der Waals surface area contributed by atoms with E-state index in [2.05, 4.69) is 21.2 Å². The van der Waals surface area contributed by atoms with Crippen molar-refractivity contribution in [2.45, 2.75) is 0 Å². The van der Waals surface area contributed by atoms with Crippen LogP contribution in [0.1, 0.15) is 10.6 Å². The van der Waals surface area contributed by atoms with Crippen molar-refractivity contribution in [3.05, 3.63) is 81.0 Å². The molecule has 0 fully saturated rings. The van der Waals surface area contributed by atoms with Gasteiger partial charge < -0.3 is 9.73 Å². The number of para-hydroxylation sites is 1. The fourth-order valence-electron chi connectivity index (χ4n) is 2.20. The average Bonchev–Trinajstić information content (AvgIpc) is 3.05. The zero-order valence-electron chi connectivity index (χ0n) is 12.2. The lowest BCUT2D eigenvalue weighted by molar-refractivity contribution is -0.384. The second kappa shape index (κ2) is 6.67. The highest BCUT2D eigenvalue weighted by molar-refractivity contribution is 9.10. The zero-order chi connectivity index (χ0) is 17.1. The zero-order valence-corrected chi connectivity index (χ0v) is 13.8. The van der Waals surface area contributed by atoms with Gasteiger partial charge in [-0.05, 0) is 36.4 Å². The predicted octanol–water partition coefficient (Wildman–Crippen LogP) is 4.87. The molecule has 2 aromatic carbocycles. The smallest absolute Gasteiger partial charge is 0.291 e. The Morgan fingerprint density at radius 1 is 1.08 bits per heavy atom. The van der Waals surface area contributed by atoms with E-state index in [1.165, 1.54) is 18.2 Å². The Kier molecular flexibility index (Phi) is 4.43. The second-order valence-electron chi connectivity index (χ2n) is 4.90. The minimum Gasteiger partial charge on any atom is -0.451 e. The van der Waals surface area contributed by atoms with Crippen LogP contribution in [0.15, 0.2) is 69.6 Å². The summed E-state index contributed by atoms with van der Waals surface area (Å²) in [6.07, 6.45) is 0. The molecule has 3 rings (SSSR count). The van der Waals surface area contributed by atoms with Crippen molar-refractivity contribution < 1.29 is 14.1 Å². The number of nitrogens with one attached hydrogen (secondary N) is 1. The molecule has 1 amide bonds. The molecule has 0 radical (unpaired) electrons. The lowest BCUT2D eigenvalue weighted by Crippen LogP contribution is -2.10. The number of benzene rings is 2. The summed E-state index contributed by atoms with van der Waals surface area (Å²) in [4.78, 5) is 22.8. The van der Waals surface area contributed by atoms with Crippen LogP contribution in [0.4, 0.5) is 11.4 Å². The molecule has 24 heavy (non-hydrogen) atoms. The topological polar surface area (TPSA) is 85.4 Å².